The molecule has 1 aliphatic rings. The van der Waals surface area contributed by atoms with Crippen molar-refractivity contribution in [3.8, 4) is 0 Å². The van der Waals surface area contributed by atoms with Gasteiger partial charge in [-0.3, -0.25) is 0 Å². The van der Waals surface area contributed by atoms with E-state index in [4.69, 9.17) is 0 Å². The van der Waals surface area contributed by atoms with Gasteiger partial charge in [0.25, 0.3) is 0 Å². The van der Waals surface area contributed by atoms with E-state index < -0.39 is 0 Å². The summed E-state index contributed by atoms with van der Waals surface area (Å²) in [6.45, 7) is 5.02. The molecule has 23 heavy (non-hydrogen) atoms. The lowest BCUT2D eigenvalue weighted by Crippen LogP contribution is -2.17. The predicted molar refractivity (Wildman–Crippen MR) is 93.8 cm³/mol. The van der Waals surface area contributed by atoms with Gasteiger partial charge in [0, 0.05) is 31.5 Å². The van der Waals surface area contributed by atoms with Gasteiger partial charge in [0.15, 0.2) is 0 Å². The molecule has 0 unspecified atom stereocenters. The Bertz CT molecular complexity index is 817. The molecule has 0 bridgehead atoms. The first-order chi connectivity index (χ1) is 11.3. The fraction of sp³-hybridized carbons (Fsp3) is 0.333. The topological polar surface area (TPSA) is 56.8 Å². The molecule has 1 fully saturated rings. The summed E-state index contributed by atoms with van der Waals surface area (Å²) in [6.07, 6.45) is 4.50. The molecule has 5 heteroatoms. The minimum Gasteiger partial charge on any atom is -0.372 e. The molecule has 1 aliphatic heterocycles. The molecule has 0 aliphatic carbocycles. The van der Waals surface area contributed by atoms with E-state index in [9.17, 15) is 0 Å². The van der Waals surface area contributed by atoms with Crippen LogP contribution >= 0.6 is 0 Å². The third-order valence-electron chi connectivity index (χ3n) is 4.37. The van der Waals surface area contributed by atoms with Crippen molar-refractivity contribution in [1.82, 2.24) is 15.0 Å². The van der Waals surface area contributed by atoms with Crippen LogP contribution in [0.25, 0.3) is 11.0 Å². The summed E-state index contributed by atoms with van der Waals surface area (Å²) in [4.78, 5) is 14.5. The van der Waals surface area contributed by atoms with Gasteiger partial charge in [-0.25, -0.2) is 9.97 Å². The van der Waals surface area contributed by atoms with E-state index in [1.165, 1.54) is 37.2 Å². The Kier molecular flexibility index (Phi) is 3.61. The first-order valence-corrected chi connectivity index (χ1v) is 8.19. The Balaban J connectivity index is 1.54. The Morgan fingerprint density at radius 3 is 2.91 bits per heavy atom. The smallest absolute Gasteiger partial charge is 0.143 e. The van der Waals surface area contributed by atoms with E-state index in [-0.39, 0.29) is 0 Å². The van der Waals surface area contributed by atoms with Gasteiger partial charge in [-0.2, -0.15) is 0 Å². The summed E-state index contributed by atoms with van der Waals surface area (Å²) < 4.78 is 0. The highest BCUT2D eigenvalue weighted by Gasteiger charge is 2.12. The number of nitrogens with one attached hydrogen (secondary N) is 2. The Hall–Kier alpha value is -2.56. The average Bonchev–Trinajstić information content (AvgIpc) is 3.24. The second kappa shape index (κ2) is 5.91. The van der Waals surface area contributed by atoms with Crippen molar-refractivity contribution < 1.29 is 0 Å². The zero-order valence-corrected chi connectivity index (χ0v) is 13.3. The lowest BCUT2D eigenvalue weighted by atomic mass is 10.2. The lowest BCUT2D eigenvalue weighted by molar-refractivity contribution is 0.949. The van der Waals surface area contributed by atoms with Gasteiger partial charge in [-0.05, 0) is 43.5 Å². The Morgan fingerprint density at radius 1 is 1.17 bits per heavy atom. The largest absolute Gasteiger partial charge is 0.372 e. The Labute approximate surface area is 135 Å². The minimum absolute atomic E-state index is 0.762. The van der Waals surface area contributed by atoms with Gasteiger partial charge in [-0.1, -0.05) is 12.1 Å². The number of hydrogen-bond donors (Lipinski definition) is 2. The molecule has 0 atom stereocenters. The summed E-state index contributed by atoms with van der Waals surface area (Å²) in [5, 5.41) is 4.49. The van der Waals surface area contributed by atoms with Crippen molar-refractivity contribution in [2.24, 2.45) is 0 Å². The molecule has 0 radical (unpaired) electrons. The zero-order valence-electron chi connectivity index (χ0n) is 13.3. The third kappa shape index (κ3) is 2.86. The van der Waals surface area contributed by atoms with Crippen molar-refractivity contribution in [2.75, 3.05) is 23.3 Å². The monoisotopic (exact) mass is 307 g/mol. The van der Waals surface area contributed by atoms with Crippen molar-refractivity contribution in [1.29, 1.82) is 0 Å². The molecule has 3 aromatic rings. The van der Waals surface area contributed by atoms with Crippen LogP contribution in [-0.2, 0) is 6.54 Å². The van der Waals surface area contributed by atoms with Crippen LogP contribution < -0.4 is 10.2 Å². The number of fused-ring (bicyclic) bond motifs is 1. The van der Waals surface area contributed by atoms with Crippen LogP contribution in [0.2, 0.25) is 0 Å². The van der Waals surface area contributed by atoms with Crippen LogP contribution in [0.5, 0.6) is 0 Å². The lowest BCUT2D eigenvalue weighted by Gasteiger charge is -2.18. The first kappa shape index (κ1) is 14.1. The van der Waals surface area contributed by atoms with Gasteiger partial charge >= 0.3 is 0 Å². The molecule has 1 saturated heterocycles. The molecular formula is C18H21N5. The number of H-pyrrole nitrogens is 1. The Morgan fingerprint density at radius 2 is 2.04 bits per heavy atom. The summed E-state index contributed by atoms with van der Waals surface area (Å²) in [6, 6.07) is 10.8. The highest BCUT2D eigenvalue weighted by atomic mass is 15.1. The standard InChI is InChI=1S/C18H21N5/c1-13-21-17-16(7-8-19-17)18(22-13)20-12-14-5-4-6-15(11-14)23-9-2-3-10-23/h4-8,11H,2-3,9-10,12H2,1H3,(H2,19,20,21,22). The van der Waals surface area contributed by atoms with Crippen LogP contribution in [-0.4, -0.2) is 28.0 Å². The quantitative estimate of drug-likeness (QED) is 0.775. The van der Waals surface area contributed by atoms with E-state index in [1.807, 2.05) is 19.2 Å². The molecule has 0 saturated carbocycles. The molecule has 5 nitrogen and oxygen atoms in total. The maximum atomic E-state index is 4.54. The predicted octanol–water partition coefficient (Wildman–Crippen LogP) is 3.48. The van der Waals surface area contributed by atoms with Gasteiger partial charge in [0.05, 0.1) is 5.39 Å². The fourth-order valence-corrected chi connectivity index (χ4v) is 3.21. The molecule has 0 amide bonds. The van der Waals surface area contributed by atoms with Crippen LogP contribution in [0.1, 0.15) is 24.2 Å². The van der Waals surface area contributed by atoms with Crippen LogP contribution in [0.4, 0.5) is 11.5 Å². The number of anilines is 2. The van der Waals surface area contributed by atoms with E-state index in [2.05, 4.69) is 49.4 Å². The van der Waals surface area contributed by atoms with E-state index in [0.717, 1.165) is 29.2 Å². The molecule has 0 spiro atoms. The summed E-state index contributed by atoms with van der Waals surface area (Å²) in [7, 11) is 0. The molecule has 1 aromatic carbocycles. The fourth-order valence-electron chi connectivity index (χ4n) is 3.21. The molecule has 4 rings (SSSR count). The number of aromatic amines is 1. The molecule has 2 aromatic heterocycles. The van der Waals surface area contributed by atoms with Crippen molar-refractivity contribution in [3.05, 3.63) is 47.9 Å². The van der Waals surface area contributed by atoms with E-state index in [1.54, 1.807) is 0 Å². The van der Waals surface area contributed by atoms with Crippen molar-refractivity contribution in [3.63, 3.8) is 0 Å². The molecular weight excluding hydrogens is 286 g/mol. The summed E-state index contributed by atoms with van der Waals surface area (Å²) in [5.41, 5.74) is 3.48. The molecule has 2 N–H and O–H groups in total. The number of rotatable bonds is 4. The summed E-state index contributed by atoms with van der Waals surface area (Å²) in [5.74, 6) is 1.66. The van der Waals surface area contributed by atoms with Gasteiger partial charge in [0.2, 0.25) is 0 Å². The van der Waals surface area contributed by atoms with Crippen molar-refractivity contribution >= 4 is 22.5 Å². The highest BCUT2D eigenvalue weighted by Crippen LogP contribution is 2.23. The number of aromatic nitrogens is 3. The van der Waals surface area contributed by atoms with Crippen LogP contribution in [0.3, 0.4) is 0 Å². The molecule has 118 valence electrons. The molecule has 3 heterocycles. The van der Waals surface area contributed by atoms with Gasteiger partial charge in [0.1, 0.15) is 17.3 Å². The highest BCUT2D eigenvalue weighted by molar-refractivity contribution is 5.86. The number of benzene rings is 1. The van der Waals surface area contributed by atoms with Gasteiger partial charge in [-0.15, -0.1) is 0 Å². The SMILES string of the molecule is Cc1nc(NCc2cccc(N3CCCC3)c2)c2cc[nH]c2n1. The van der Waals surface area contributed by atoms with Crippen molar-refractivity contribution in [2.45, 2.75) is 26.3 Å². The second-order valence-electron chi connectivity index (χ2n) is 6.08. The summed E-state index contributed by atoms with van der Waals surface area (Å²) >= 11 is 0. The van der Waals surface area contributed by atoms with E-state index >= 15 is 0 Å². The van der Waals surface area contributed by atoms with E-state index in [0.29, 0.717) is 0 Å². The number of hydrogen-bond acceptors (Lipinski definition) is 4. The average molecular weight is 307 g/mol. The number of aryl methyl sites for hydroxylation is 1. The number of nitrogens with zero attached hydrogens (tertiary/aromatic N) is 3. The third-order valence-corrected chi connectivity index (χ3v) is 4.37. The van der Waals surface area contributed by atoms with Crippen LogP contribution in [0, 0.1) is 6.92 Å². The maximum absolute atomic E-state index is 4.54. The zero-order chi connectivity index (χ0) is 15.6. The van der Waals surface area contributed by atoms with Gasteiger partial charge < -0.3 is 15.2 Å². The van der Waals surface area contributed by atoms with Crippen LogP contribution in [0.15, 0.2) is 36.5 Å². The second-order valence-corrected chi connectivity index (χ2v) is 6.08. The maximum Gasteiger partial charge on any atom is 0.143 e. The normalized spacial score (nSPS) is 14.6. The minimum atomic E-state index is 0.762. The first-order valence-electron chi connectivity index (χ1n) is 8.19.